The highest BCUT2D eigenvalue weighted by Gasteiger charge is 2.35. The van der Waals surface area contributed by atoms with Gasteiger partial charge in [-0.05, 0) is 38.0 Å². The normalized spacial score (nSPS) is 17.6. The maximum Gasteiger partial charge on any atom is 0.335 e. The van der Waals surface area contributed by atoms with E-state index in [-0.39, 0.29) is 35.8 Å². The molecule has 6 nitrogen and oxygen atoms in total. The first-order valence-corrected chi connectivity index (χ1v) is 7.78. The van der Waals surface area contributed by atoms with Gasteiger partial charge in [0, 0.05) is 25.6 Å². The van der Waals surface area contributed by atoms with Gasteiger partial charge in [-0.3, -0.25) is 9.59 Å². The monoisotopic (exact) mass is 318 g/mol. The van der Waals surface area contributed by atoms with E-state index in [4.69, 9.17) is 5.11 Å². The zero-order valence-corrected chi connectivity index (χ0v) is 13.4. The number of hydrogen-bond acceptors (Lipinski definition) is 3. The van der Waals surface area contributed by atoms with Gasteiger partial charge in [0.25, 0.3) is 0 Å². The van der Waals surface area contributed by atoms with Crippen LogP contribution in [0, 0.1) is 5.92 Å². The first-order chi connectivity index (χ1) is 10.9. The predicted octanol–water partition coefficient (Wildman–Crippen LogP) is 1.30. The molecule has 6 heteroatoms. The van der Waals surface area contributed by atoms with Gasteiger partial charge in [-0.15, -0.1) is 0 Å². The molecule has 1 aromatic carbocycles. The van der Waals surface area contributed by atoms with Gasteiger partial charge in [-0.2, -0.15) is 0 Å². The first kappa shape index (κ1) is 17.0. The summed E-state index contributed by atoms with van der Waals surface area (Å²) in [6.45, 7) is 4.84. The Bertz CT molecular complexity index is 595. The van der Waals surface area contributed by atoms with Gasteiger partial charge in [0.1, 0.15) is 0 Å². The number of benzene rings is 1. The van der Waals surface area contributed by atoms with Gasteiger partial charge in [0.05, 0.1) is 11.5 Å². The van der Waals surface area contributed by atoms with Crippen LogP contribution in [0.3, 0.4) is 0 Å². The summed E-state index contributed by atoms with van der Waals surface area (Å²) in [5, 5.41) is 11.7. The van der Waals surface area contributed by atoms with Crippen LogP contribution in [0.4, 0.5) is 0 Å². The SMILES string of the molecule is CC(C)N1C[C@H](C(=O)NCCc2ccc(C(=O)O)cc2)CC1=O. The zero-order chi connectivity index (χ0) is 17.0. The van der Waals surface area contributed by atoms with Crippen molar-refractivity contribution in [1.29, 1.82) is 0 Å². The van der Waals surface area contributed by atoms with E-state index in [1.54, 1.807) is 29.2 Å². The van der Waals surface area contributed by atoms with Crippen LogP contribution in [0.15, 0.2) is 24.3 Å². The molecule has 1 heterocycles. The van der Waals surface area contributed by atoms with Crippen molar-refractivity contribution in [2.24, 2.45) is 5.92 Å². The largest absolute Gasteiger partial charge is 0.478 e. The van der Waals surface area contributed by atoms with Gasteiger partial charge in [0.2, 0.25) is 11.8 Å². The molecule has 2 rings (SSSR count). The number of carboxylic acid groups (broad SMARTS) is 1. The highest BCUT2D eigenvalue weighted by molar-refractivity contribution is 5.89. The molecule has 1 aliphatic rings. The van der Waals surface area contributed by atoms with Crippen LogP contribution in [0.1, 0.15) is 36.2 Å². The molecule has 1 atom stereocenters. The summed E-state index contributed by atoms with van der Waals surface area (Å²) < 4.78 is 0. The van der Waals surface area contributed by atoms with E-state index < -0.39 is 5.97 Å². The summed E-state index contributed by atoms with van der Waals surface area (Å²) in [4.78, 5) is 36.4. The molecule has 1 aromatic rings. The molecule has 2 N–H and O–H groups in total. The van der Waals surface area contributed by atoms with Crippen molar-refractivity contribution >= 4 is 17.8 Å². The fourth-order valence-corrected chi connectivity index (χ4v) is 2.69. The van der Waals surface area contributed by atoms with E-state index in [1.807, 2.05) is 13.8 Å². The van der Waals surface area contributed by atoms with Crippen molar-refractivity contribution in [1.82, 2.24) is 10.2 Å². The van der Waals surface area contributed by atoms with E-state index in [1.165, 1.54) is 0 Å². The molecule has 0 spiro atoms. The third-order valence-electron chi connectivity index (χ3n) is 4.07. The number of carboxylic acids is 1. The topological polar surface area (TPSA) is 86.7 Å². The Morgan fingerprint density at radius 2 is 1.96 bits per heavy atom. The number of likely N-dealkylation sites (tertiary alicyclic amines) is 1. The van der Waals surface area contributed by atoms with E-state index in [9.17, 15) is 14.4 Å². The number of carbonyl (C=O) groups is 3. The Morgan fingerprint density at radius 3 is 2.48 bits per heavy atom. The molecule has 23 heavy (non-hydrogen) atoms. The van der Waals surface area contributed by atoms with Crippen molar-refractivity contribution in [3.8, 4) is 0 Å². The van der Waals surface area contributed by atoms with E-state index >= 15 is 0 Å². The molecule has 0 aromatic heterocycles. The van der Waals surface area contributed by atoms with Gasteiger partial charge in [-0.1, -0.05) is 12.1 Å². The summed E-state index contributed by atoms with van der Waals surface area (Å²) in [5.41, 5.74) is 1.21. The summed E-state index contributed by atoms with van der Waals surface area (Å²) in [7, 11) is 0. The van der Waals surface area contributed by atoms with Gasteiger partial charge in [-0.25, -0.2) is 4.79 Å². The average molecular weight is 318 g/mol. The minimum absolute atomic E-state index is 0.0319. The second-order valence-electron chi connectivity index (χ2n) is 6.08. The molecule has 1 aliphatic heterocycles. The summed E-state index contributed by atoms with van der Waals surface area (Å²) in [6.07, 6.45) is 0.900. The zero-order valence-electron chi connectivity index (χ0n) is 13.4. The predicted molar refractivity (Wildman–Crippen MR) is 85.1 cm³/mol. The lowest BCUT2D eigenvalue weighted by atomic mass is 10.1. The van der Waals surface area contributed by atoms with Crippen molar-refractivity contribution in [2.75, 3.05) is 13.1 Å². The van der Waals surface area contributed by atoms with Gasteiger partial charge >= 0.3 is 5.97 Å². The summed E-state index contributed by atoms with van der Waals surface area (Å²) >= 11 is 0. The molecular formula is C17H22N2O4. The van der Waals surface area contributed by atoms with Gasteiger partial charge < -0.3 is 15.3 Å². The van der Waals surface area contributed by atoms with Crippen molar-refractivity contribution in [3.05, 3.63) is 35.4 Å². The Morgan fingerprint density at radius 1 is 1.30 bits per heavy atom. The molecule has 0 saturated carbocycles. The number of carbonyl (C=O) groups excluding carboxylic acids is 2. The van der Waals surface area contributed by atoms with E-state index in [0.717, 1.165) is 5.56 Å². The van der Waals surface area contributed by atoms with Crippen molar-refractivity contribution < 1.29 is 19.5 Å². The number of nitrogens with zero attached hydrogens (tertiary/aromatic N) is 1. The lowest BCUT2D eigenvalue weighted by Crippen LogP contribution is -2.36. The molecular weight excluding hydrogens is 296 g/mol. The highest BCUT2D eigenvalue weighted by atomic mass is 16.4. The van der Waals surface area contributed by atoms with Crippen LogP contribution in [-0.4, -0.2) is 46.9 Å². The van der Waals surface area contributed by atoms with E-state index in [2.05, 4.69) is 5.32 Å². The Hall–Kier alpha value is -2.37. The molecule has 0 aliphatic carbocycles. The Balaban J connectivity index is 1.79. The number of nitrogens with one attached hydrogen (secondary N) is 1. The molecule has 0 radical (unpaired) electrons. The standard InChI is InChI=1S/C17H22N2O4/c1-11(2)19-10-14(9-15(19)20)16(21)18-8-7-12-3-5-13(6-4-12)17(22)23/h3-6,11,14H,7-10H2,1-2H3,(H,18,21)(H,22,23)/t14-/m1/s1. The number of aromatic carboxylic acids is 1. The highest BCUT2D eigenvalue weighted by Crippen LogP contribution is 2.20. The smallest absolute Gasteiger partial charge is 0.335 e. The Kier molecular flexibility index (Phi) is 5.36. The third-order valence-corrected chi connectivity index (χ3v) is 4.07. The van der Waals surface area contributed by atoms with Crippen LogP contribution < -0.4 is 5.32 Å². The number of rotatable bonds is 6. The lowest BCUT2D eigenvalue weighted by Gasteiger charge is -2.20. The maximum absolute atomic E-state index is 12.1. The second kappa shape index (κ2) is 7.26. The summed E-state index contributed by atoms with van der Waals surface area (Å²) in [5.74, 6) is -1.29. The summed E-state index contributed by atoms with van der Waals surface area (Å²) in [6, 6.07) is 6.71. The molecule has 0 unspecified atom stereocenters. The lowest BCUT2D eigenvalue weighted by molar-refractivity contribution is -0.129. The fourth-order valence-electron chi connectivity index (χ4n) is 2.69. The quantitative estimate of drug-likeness (QED) is 0.828. The molecule has 1 saturated heterocycles. The minimum atomic E-state index is -0.953. The van der Waals surface area contributed by atoms with Crippen LogP contribution in [0.5, 0.6) is 0 Å². The fraction of sp³-hybridized carbons (Fsp3) is 0.471. The van der Waals surface area contributed by atoms with Gasteiger partial charge in [0.15, 0.2) is 0 Å². The van der Waals surface area contributed by atoms with Crippen molar-refractivity contribution in [3.63, 3.8) is 0 Å². The second-order valence-corrected chi connectivity index (χ2v) is 6.08. The van der Waals surface area contributed by atoms with Crippen LogP contribution >= 0.6 is 0 Å². The van der Waals surface area contributed by atoms with Crippen LogP contribution in [-0.2, 0) is 16.0 Å². The third kappa shape index (κ3) is 4.31. The molecule has 1 fully saturated rings. The maximum atomic E-state index is 12.1. The van der Waals surface area contributed by atoms with Crippen LogP contribution in [0.2, 0.25) is 0 Å². The molecule has 124 valence electrons. The van der Waals surface area contributed by atoms with E-state index in [0.29, 0.717) is 19.5 Å². The number of hydrogen-bond donors (Lipinski definition) is 2. The first-order valence-electron chi connectivity index (χ1n) is 7.78. The molecule has 0 bridgehead atoms. The Labute approximate surface area is 135 Å². The minimum Gasteiger partial charge on any atom is -0.478 e. The average Bonchev–Trinajstić information content (AvgIpc) is 2.90. The van der Waals surface area contributed by atoms with Crippen molar-refractivity contribution in [2.45, 2.75) is 32.7 Å². The number of amides is 2. The van der Waals surface area contributed by atoms with Crippen LogP contribution in [0.25, 0.3) is 0 Å². The molecule has 2 amide bonds.